The fraction of sp³-hybridized carbons (Fsp3) is 0.591. The fourth-order valence-corrected chi connectivity index (χ4v) is 3.76. The molecule has 1 aromatic carbocycles. The Morgan fingerprint density at radius 3 is 2.31 bits per heavy atom. The van der Waals surface area contributed by atoms with E-state index in [2.05, 4.69) is 67.6 Å². The van der Waals surface area contributed by atoms with Crippen molar-refractivity contribution in [3.05, 3.63) is 41.2 Å². The first kappa shape index (κ1) is 23.4. The zero-order chi connectivity index (χ0) is 20.3. The largest absolute Gasteiger partial charge is 0.337 e. The SMILES string of the molecule is CCCc1c(C(=O)N2CCC(NC)CC2)nnn1-c1ccc(C(C)(C)C)cc1.Cl. The number of hydrogen-bond donors (Lipinski definition) is 1. The average molecular weight is 420 g/mol. The van der Waals surface area contributed by atoms with Crippen LogP contribution in [0.5, 0.6) is 0 Å². The summed E-state index contributed by atoms with van der Waals surface area (Å²) in [5, 5.41) is 12.0. The molecule has 7 heteroatoms. The van der Waals surface area contributed by atoms with E-state index in [9.17, 15) is 4.79 Å². The van der Waals surface area contributed by atoms with Crippen molar-refractivity contribution < 1.29 is 4.79 Å². The maximum Gasteiger partial charge on any atom is 0.276 e. The van der Waals surface area contributed by atoms with Crippen LogP contribution in [0.1, 0.15) is 68.7 Å². The number of carbonyl (C=O) groups is 1. The van der Waals surface area contributed by atoms with Gasteiger partial charge in [0.15, 0.2) is 5.69 Å². The van der Waals surface area contributed by atoms with E-state index in [4.69, 9.17) is 0 Å². The van der Waals surface area contributed by atoms with Crippen LogP contribution >= 0.6 is 12.4 Å². The molecule has 2 aromatic rings. The van der Waals surface area contributed by atoms with Crippen LogP contribution in [0.25, 0.3) is 5.69 Å². The number of rotatable bonds is 5. The number of nitrogens with zero attached hydrogens (tertiary/aromatic N) is 4. The molecule has 0 aliphatic carbocycles. The van der Waals surface area contributed by atoms with Crippen molar-refractivity contribution in [1.82, 2.24) is 25.2 Å². The molecule has 1 fully saturated rings. The average Bonchev–Trinajstić information content (AvgIpc) is 3.11. The van der Waals surface area contributed by atoms with Crippen LogP contribution in [-0.4, -0.2) is 52.0 Å². The number of piperidine rings is 1. The maximum absolute atomic E-state index is 13.1. The van der Waals surface area contributed by atoms with E-state index in [1.807, 2.05) is 16.6 Å². The second kappa shape index (κ2) is 9.72. The highest BCUT2D eigenvalue weighted by Crippen LogP contribution is 2.24. The minimum Gasteiger partial charge on any atom is -0.337 e. The van der Waals surface area contributed by atoms with Gasteiger partial charge in [-0.25, -0.2) is 4.68 Å². The van der Waals surface area contributed by atoms with Gasteiger partial charge >= 0.3 is 0 Å². The van der Waals surface area contributed by atoms with Crippen LogP contribution in [0.2, 0.25) is 0 Å². The van der Waals surface area contributed by atoms with Crippen molar-refractivity contribution in [2.75, 3.05) is 20.1 Å². The molecule has 1 aromatic heterocycles. The summed E-state index contributed by atoms with van der Waals surface area (Å²) in [7, 11) is 1.98. The van der Waals surface area contributed by atoms with Crippen molar-refractivity contribution in [3.63, 3.8) is 0 Å². The highest BCUT2D eigenvalue weighted by Gasteiger charge is 2.28. The van der Waals surface area contributed by atoms with Gasteiger partial charge in [0.2, 0.25) is 0 Å². The van der Waals surface area contributed by atoms with E-state index in [1.54, 1.807) is 0 Å². The van der Waals surface area contributed by atoms with E-state index >= 15 is 0 Å². The summed E-state index contributed by atoms with van der Waals surface area (Å²) in [6.45, 7) is 10.3. The van der Waals surface area contributed by atoms with Gasteiger partial charge in [-0.3, -0.25) is 4.79 Å². The fourth-order valence-electron chi connectivity index (χ4n) is 3.76. The van der Waals surface area contributed by atoms with Gasteiger partial charge in [-0.15, -0.1) is 17.5 Å². The lowest BCUT2D eigenvalue weighted by atomic mass is 9.87. The number of benzene rings is 1. The van der Waals surface area contributed by atoms with Crippen LogP contribution in [0.15, 0.2) is 24.3 Å². The minimum absolute atomic E-state index is 0. The van der Waals surface area contributed by atoms with Crippen molar-refractivity contribution in [2.24, 2.45) is 0 Å². The Labute approximate surface area is 180 Å². The predicted molar refractivity (Wildman–Crippen MR) is 119 cm³/mol. The lowest BCUT2D eigenvalue weighted by molar-refractivity contribution is 0.0700. The monoisotopic (exact) mass is 419 g/mol. The lowest BCUT2D eigenvalue weighted by Crippen LogP contribution is -2.44. The lowest BCUT2D eigenvalue weighted by Gasteiger charge is -2.31. The van der Waals surface area contributed by atoms with Crippen LogP contribution in [0.3, 0.4) is 0 Å². The zero-order valence-corrected chi connectivity index (χ0v) is 19.1. The number of likely N-dealkylation sites (tertiary alicyclic amines) is 1. The quantitative estimate of drug-likeness (QED) is 0.801. The number of hydrogen-bond acceptors (Lipinski definition) is 4. The van der Waals surface area contributed by atoms with Crippen LogP contribution in [0, 0.1) is 0 Å². The molecule has 0 radical (unpaired) electrons. The van der Waals surface area contributed by atoms with Gasteiger partial charge in [0, 0.05) is 19.1 Å². The predicted octanol–water partition coefficient (Wildman–Crippen LogP) is 3.76. The van der Waals surface area contributed by atoms with Gasteiger partial charge in [-0.05, 0) is 49.4 Å². The third-order valence-electron chi connectivity index (χ3n) is 5.62. The third-order valence-corrected chi connectivity index (χ3v) is 5.62. The molecule has 2 heterocycles. The minimum atomic E-state index is 0. The summed E-state index contributed by atoms with van der Waals surface area (Å²) in [6, 6.07) is 8.91. The molecule has 1 aliphatic rings. The summed E-state index contributed by atoms with van der Waals surface area (Å²) in [6.07, 6.45) is 3.68. The topological polar surface area (TPSA) is 63.1 Å². The second-order valence-electron chi connectivity index (χ2n) is 8.70. The summed E-state index contributed by atoms with van der Waals surface area (Å²) in [5.74, 6) is 0.00978. The molecule has 3 rings (SSSR count). The molecular formula is C22H34ClN5O. The first-order chi connectivity index (χ1) is 13.3. The van der Waals surface area contributed by atoms with Gasteiger partial charge in [-0.1, -0.05) is 51.5 Å². The Morgan fingerprint density at radius 2 is 1.79 bits per heavy atom. The van der Waals surface area contributed by atoms with Crippen LogP contribution in [0.4, 0.5) is 0 Å². The second-order valence-corrected chi connectivity index (χ2v) is 8.70. The highest BCUT2D eigenvalue weighted by atomic mass is 35.5. The van der Waals surface area contributed by atoms with Gasteiger partial charge in [0.25, 0.3) is 5.91 Å². The summed E-state index contributed by atoms with van der Waals surface area (Å²) >= 11 is 0. The van der Waals surface area contributed by atoms with Crippen molar-refractivity contribution >= 4 is 18.3 Å². The Balaban J connectivity index is 0.00000300. The van der Waals surface area contributed by atoms with Crippen LogP contribution < -0.4 is 5.32 Å². The molecule has 1 amide bonds. The maximum atomic E-state index is 13.1. The first-order valence-electron chi connectivity index (χ1n) is 10.4. The molecule has 29 heavy (non-hydrogen) atoms. The molecule has 1 aliphatic heterocycles. The van der Waals surface area contributed by atoms with E-state index in [0.29, 0.717) is 11.7 Å². The van der Waals surface area contributed by atoms with Crippen molar-refractivity contribution in [2.45, 2.75) is 64.8 Å². The molecule has 0 bridgehead atoms. The van der Waals surface area contributed by atoms with E-state index in [0.717, 1.165) is 50.2 Å². The Kier molecular flexibility index (Phi) is 7.83. The Bertz CT molecular complexity index is 802. The standard InChI is InChI=1S/C22H33N5O.ClH/c1-6-7-19-20(21(28)26-14-12-17(23-5)13-15-26)24-25-27(19)18-10-8-16(9-11-18)22(2,3)4;/h8-11,17,23H,6-7,12-15H2,1-5H3;1H. The molecule has 0 unspecified atom stereocenters. The highest BCUT2D eigenvalue weighted by molar-refractivity contribution is 5.93. The van der Waals surface area contributed by atoms with E-state index < -0.39 is 0 Å². The number of carbonyl (C=O) groups excluding carboxylic acids is 1. The number of aromatic nitrogens is 3. The van der Waals surface area contributed by atoms with Gasteiger partial charge in [0.1, 0.15) is 0 Å². The van der Waals surface area contributed by atoms with E-state index in [1.165, 1.54) is 5.56 Å². The number of amides is 1. The first-order valence-corrected chi connectivity index (χ1v) is 10.4. The van der Waals surface area contributed by atoms with Gasteiger partial charge in [0.05, 0.1) is 11.4 Å². The molecule has 6 nitrogen and oxygen atoms in total. The molecule has 160 valence electrons. The summed E-state index contributed by atoms with van der Waals surface area (Å²) < 4.78 is 1.84. The molecule has 0 atom stereocenters. The third kappa shape index (κ3) is 5.17. The molecule has 1 N–H and O–H groups in total. The molecular weight excluding hydrogens is 386 g/mol. The van der Waals surface area contributed by atoms with Gasteiger partial charge in [-0.2, -0.15) is 0 Å². The normalized spacial score (nSPS) is 15.3. The number of nitrogens with one attached hydrogen (secondary N) is 1. The summed E-state index contributed by atoms with van der Waals surface area (Å²) in [5.41, 5.74) is 3.75. The Hall–Kier alpha value is -1.92. The number of halogens is 1. The van der Waals surface area contributed by atoms with E-state index in [-0.39, 0.29) is 23.7 Å². The van der Waals surface area contributed by atoms with Crippen LogP contribution in [-0.2, 0) is 11.8 Å². The zero-order valence-electron chi connectivity index (χ0n) is 18.2. The Morgan fingerprint density at radius 1 is 1.17 bits per heavy atom. The van der Waals surface area contributed by atoms with Crippen molar-refractivity contribution in [1.29, 1.82) is 0 Å². The molecule has 0 saturated carbocycles. The molecule has 1 saturated heterocycles. The smallest absolute Gasteiger partial charge is 0.276 e. The summed E-state index contributed by atoms with van der Waals surface area (Å²) in [4.78, 5) is 15.0. The molecule has 0 spiro atoms. The van der Waals surface area contributed by atoms with Gasteiger partial charge < -0.3 is 10.2 Å². The van der Waals surface area contributed by atoms with Crippen molar-refractivity contribution in [3.8, 4) is 5.69 Å².